The fourth-order valence-corrected chi connectivity index (χ4v) is 2.34. The Kier molecular flexibility index (Phi) is 9.06. The molecule has 0 radical (unpaired) electrons. The summed E-state index contributed by atoms with van der Waals surface area (Å²) in [6.07, 6.45) is 1.16. The number of methoxy groups -OCH3 is 2. The Morgan fingerprint density at radius 1 is 1.14 bits per heavy atom. The molecule has 1 aromatic rings. The van der Waals surface area contributed by atoms with Crippen LogP contribution in [0.25, 0.3) is 0 Å². The molecule has 21 heavy (non-hydrogen) atoms. The Labute approximate surface area is 129 Å². The molecule has 0 aliphatic carbocycles. The van der Waals surface area contributed by atoms with Crippen molar-refractivity contribution in [1.82, 2.24) is 5.32 Å². The van der Waals surface area contributed by atoms with E-state index in [0.717, 1.165) is 26.1 Å². The summed E-state index contributed by atoms with van der Waals surface area (Å²) >= 11 is 0. The number of benzene rings is 1. The topological polar surface area (TPSA) is 33.7 Å². The highest BCUT2D eigenvalue weighted by atomic mass is 16.5. The standard InChI is InChI=1S/C17H30N2O2/c1-5-10-18-13-16-6-8-17(9-7-16)19(11-12-20-3)15(2)14-21-4/h6-9,15,18H,5,10-14H2,1-4H3. The van der Waals surface area contributed by atoms with Gasteiger partial charge in [0, 0.05) is 39.0 Å². The number of anilines is 1. The third kappa shape index (κ3) is 6.46. The summed E-state index contributed by atoms with van der Waals surface area (Å²) in [5, 5.41) is 3.42. The van der Waals surface area contributed by atoms with E-state index in [1.165, 1.54) is 11.3 Å². The van der Waals surface area contributed by atoms with Crippen LogP contribution in [0.2, 0.25) is 0 Å². The van der Waals surface area contributed by atoms with Gasteiger partial charge in [0.1, 0.15) is 0 Å². The van der Waals surface area contributed by atoms with Crippen LogP contribution in [-0.4, -0.2) is 46.6 Å². The first kappa shape index (κ1) is 18.0. The first-order chi connectivity index (χ1) is 10.2. The van der Waals surface area contributed by atoms with Crippen LogP contribution in [0.4, 0.5) is 5.69 Å². The van der Waals surface area contributed by atoms with E-state index in [0.29, 0.717) is 19.3 Å². The van der Waals surface area contributed by atoms with E-state index in [1.807, 2.05) is 0 Å². The molecule has 0 aliphatic heterocycles. The lowest BCUT2D eigenvalue weighted by Crippen LogP contribution is -2.38. The summed E-state index contributed by atoms with van der Waals surface area (Å²) in [6.45, 7) is 8.65. The van der Waals surface area contributed by atoms with Crippen molar-refractivity contribution >= 4 is 5.69 Å². The molecule has 0 amide bonds. The van der Waals surface area contributed by atoms with Crippen molar-refractivity contribution in [2.45, 2.75) is 32.9 Å². The molecular formula is C17H30N2O2. The molecule has 1 atom stereocenters. The summed E-state index contributed by atoms with van der Waals surface area (Å²) < 4.78 is 10.5. The molecule has 1 unspecified atom stereocenters. The van der Waals surface area contributed by atoms with Gasteiger partial charge in [-0.15, -0.1) is 0 Å². The predicted octanol–water partition coefficient (Wildman–Crippen LogP) is 2.67. The second-order valence-corrected chi connectivity index (χ2v) is 5.33. The summed E-state index contributed by atoms with van der Waals surface area (Å²) in [6, 6.07) is 9.08. The second-order valence-electron chi connectivity index (χ2n) is 5.33. The minimum absolute atomic E-state index is 0.328. The number of ether oxygens (including phenoxy) is 2. The Bertz CT molecular complexity index is 368. The smallest absolute Gasteiger partial charge is 0.0663 e. The maximum Gasteiger partial charge on any atom is 0.0663 e. The van der Waals surface area contributed by atoms with E-state index in [4.69, 9.17) is 9.47 Å². The normalized spacial score (nSPS) is 12.4. The molecule has 0 aliphatic rings. The Balaban J connectivity index is 2.68. The Hall–Kier alpha value is -1.10. The van der Waals surface area contributed by atoms with Crippen LogP contribution in [0.1, 0.15) is 25.8 Å². The van der Waals surface area contributed by atoms with Gasteiger partial charge in [0.05, 0.1) is 13.2 Å². The van der Waals surface area contributed by atoms with Gasteiger partial charge >= 0.3 is 0 Å². The van der Waals surface area contributed by atoms with E-state index in [2.05, 4.69) is 48.3 Å². The van der Waals surface area contributed by atoms with Crippen LogP contribution in [0.3, 0.4) is 0 Å². The number of nitrogens with one attached hydrogen (secondary N) is 1. The zero-order valence-corrected chi connectivity index (χ0v) is 13.9. The third-order valence-corrected chi connectivity index (χ3v) is 3.50. The molecule has 1 aromatic carbocycles. The van der Waals surface area contributed by atoms with Gasteiger partial charge in [0.15, 0.2) is 0 Å². The van der Waals surface area contributed by atoms with Gasteiger partial charge in [-0.3, -0.25) is 0 Å². The molecule has 0 saturated heterocycles. The van der Waals surface area contributed by atoms with E-state index in [-0.39, 0.29) is 0 Å². The van der Waals surface area contributed by atoms with Gasteiger partial charge in [-0.05, 0) is 37.6 Å². The van der Waals surface area contributed by atoms with Crippen molar-refractivity contribution in [3.8, 4) is 0 Å². The van der Waals surface area contributed by atoms with Crippen LogP contribution in [0.5, 0.6) is 0 Å². The molecule has 0 aromatic heterocycles. The van der Waals surface area contributed by atoms with Crippen molar-refractivity contribution < 1.29 is 9.47 Å². The van der Waals surface area contributed by atoms with Crippen LogP contribution < -0.4 is 10.2 Å². The first-order valence-electron chi connectivity index (χ1n) is 7.77. The number of hydrogen-bond acceptors (Lipinski definition) is 4. The summed E-state index contributed by atoms with van der Waals surface area (Å²) in [5.74, 6) is 0. The Morgan fingerprint density at radius 3 is 2.43 bits per heavy atom. The van der Waals surface area contributed by atoms with Gasteiger partial charge in [0.25, 0.3) is 0 Å². The maximum atomic E-state index is 5.28. The quantitative estimate of drug-likeness (QED) is 0.636. The zero-order valence-electron chi connectivity index (χ0n) is 13.9. The van der Waals surface area contributed by atoms with Gasteiger partial charge in [-0.1, -0.05) is 19.1 Å². The van der Waals surface area contributed by atoms with E-state index < -0.39 is 0 Å². The highest BCUT2D eigenvalue weighted by Gasteiger charge is 2.14. The lowest BCUT2D eigenvalue weighted by atomic mass is 10.1. The van der Waals surface area contributed by atoms with Crippen molar-refractivity contribution in [2.24, 2.45) is 0 Å². The van der Waals surface area contributed by atoms with Crippen molar-refractivity contribution in [1.29, 1.82) is 0 Å². The van der Waals surface area contributed by atoms with Crippen LogP contribution in [-0.2, 0) is 16.0 Å². The molecule has 4 nitrogen and oxygen atoms in total. The molecule has 0 heterocycles. The molecular weight excluding hydrogens is 264 g/mol. The first-order valence-corrected chi connectivity index (χ1v) is 7.77. The van der Waals surface area contributed by atoms with E-state index >= 15 is 0 Å². The minimum atomic E-state index is 0.328. The van der Waals surface area contributed by atoms with Gasteiger partial charge < -0.3 is 19.7 Å². The molecule has 1 rings (SSSR count). The van der Waals surface area contributed by atoms with E-state index in [9.17, 15) is 0 Å². The maximum absolute atomic E-state index is 5.28. The third-order valence-electron chi connectivity index (χ3n) is 3.50. The lowest BCUT2D eigenvalue weighted by molar-refractivity contribution is 0.171. The van der Waals surface area contributed by atoms with Crippen molar-refractivity contribution in [3.05, 3.63) is 29.8 Å². The van der Waals surface area contributed by atoms with Crippen LogP contribution >= 0.6 is 0 Å². The largest absolute Gasteiger partial charge is 0.383 e. The monoisotopic (exact) mass is 294 g/mol. The van der Waals surface area contributed by atoms with Gasteiger partial charge in [-0.25, -0.2) is 0 Å². The number of hydrogen-bond donors (Lipinski definition) is 1. The van der Waals surface area contributed by atoms with Crippen LogP contribution in [0.15, 0.2) is 24.3 Å². The molecule has 120 valence electrons. The fourth-order valence-electron chi connectivity index (χ4n) is 2.34. The summed E-state index contributed by atoms with van der Waals surface area (Å²) in [5.41, 5.74) is 2.54. The second kappa shape index (κ2) is 10.6. The molecule has 0 bridgehead atoms. The lowest BCUT2D eigenvalue weighted by Gasteiger charge is -2.31. The predicted molar refractivity (Wildman–Crippen MR) is 89.0 cm³/mol. The average Bonchev–Trinajstić information content (AvgIpc) is 2.49. The minimum Gasteiger partial charge on any atom is -0.383 e. The highest BCUT2D eigenvalue weighted by Crippen LogP contribution is 2.18. The summed E-state index contributed by atoms with van der Waals surface area (Å²) in [7, 11) is 3.48. The number of nitrogens with zero attached hydrogens (tertiary/aromatic N) is 1. The molecule has 0 fully saturated rings. The Morgan fingerprint density at radius 2 is 1.86 bits per heavy atom. The van der Waals surface area contributed by atoms with E-state index in [1.54, 1.807) is 14.2 Å². The average molecular weight is 294 g/mol. The number of rotatable bonds is 11. The van der Waals surface area contributed by atoms with Crippen molar-refractivity contribution in [2.75, 3.05) is 45.4 Å². The SMILES string of the molecule is CCCNCc1ccc(N(CCOC)C(C)COC)cc1. The molecule has 0 spiro atoms. The van der Waals surface area contributed by atoms with Gasteiger partial charge in [0.2, 0.25) is 0 Å². The van der Waals surface area contributed by atoms with Crippen molar-refractivity contribution in [3.63, 3.8) is 0 Å². The molecule has 1 N–H and O–H groups in total. The fraction of sp³-hybridized carbons (Fsp3) is 0.647. The summed E-state index contributed by atoms with van der Waals surface area (Å²) in [4.78, 5) is 2.33. The zero-order chi connectivity index (χ0) is 15.5. The molecule has 0 saturated carbocycles. The van der Waals surface area contributed by atoms with Gasteiger partial charge in [-0.2, -0.15) is 0 Å². The highest BCUT2D eigenvalue weighted by molar-refractivity contribution is 5.48. The van der Waals surface area contributed by atoms with Crippen LogP contribution in [0, 0.1) is 0 Å². The molecule has 4 heteroatoms.